The highest BCUT2D eigenvalue weighted by atomic mass is 14.9. The summed E-state index contributed by atoms with van der Waals surface area (Å²) in [6.45, 7) is 10.3. The maximum absolute atomic E-state index is 4.44. The molecule has 0 fully saturated rings. The van der Waals surface area contributed by atoms with Crippen LogP contribution in [-0.4, -0.2) is 18.8 Å². The lowest BCUT2D eigenvalue weighted by molar-refractivity contribution is 0.807. The molecule has 0 bridgehead atoms. The van der Waals surface area contributed by atoms with E-state index in [1.165, 1.54) is 18.5 Å². The zero-order valence-electron chi connectivity index (χ0n) is 9.35. The molecule has 0 heterocycles. The lowest BCUT2D eigenvalue weighted by Gasteiger charge is -2.02. The molecule has 76 valence electrons. The predicted molar refractivity (Wildman–Crippen MR) is 60.3 cm³/mol. The first-order valence-corrected chi connectivity index (χ1v) is 5.13. The Morgan fingerprint density at radius 3 is 2.54 bits per heavy atom. The van der Waals surface area contributed by atoms with E-state index in [1.807, 2.05) is 0 Å². The fourth-order valence-electron chi connectivity index (χ4n) is 1.10. The van der Waals surface area contributed by atoms with E-state index in [2.05, 4.69) is 44.1 Å². The fraction of sp³-hybridized carbons (Fsp3) is 0.727. The first kappa shape index (κ1) is 12.2. The summed E-state index contributed by atoms with van der Waals surface area (Å²) in [7, 11) is 0. The van der Waals surface area contributed by atoms with E-state index in [4.69, 9.17) is 0 Å². The highest BCUT2D eigenvalue weighted by molar-refractivity contribution is 5.93. The third-order valence-corrected chi connectivity index (χ3v) is 1.75. The molecule has 2 heteroatoms. The van der Waals surface area contributed by atoms with E-state index in [9.17, 15) is 0 Å². The number of unbranched alkanes of at least 4 members (excludes halogenated alkanes) is 1. The van der Waals surface area contributed by atoms with Crippen LogP contribution in [0.5, 0.6) is 0 Å². The Kier molecular flexibility index (Phi) is 7.36. The van der Waals surface area contributed by atoms with Crippen LogP contribution in [0.2, 0.25) is 0 Å². The number of nitrogens with zero attached hydrogens (tertiary/aromatic N) is 1. The van der Waals surface area contributed by atoms with Gasteiger partial charge in [0.15, 0.2) is 0 Å². The normalized spacial score (nSPS) is 13.2. The van der Waals surface area contributed by atoms with Gasteiger partial charge >= 0.3 is 0 Å². The summed E-state index contributed by atoms with van der Waals surface area (Å²) in [5.74, 6) is 0. The van der Waals surface area contributed by atoms with Gasteiger partial charge < -0.3 is 5.32 Å². The molecule has 0 aromatic carbocycles. The molecule has 0 amide bonds. The average Bonchev–Trinajstić information content (AvgIpc) is 2.05. The number of hydrogen-bond acceptors (Lipinski definition) is 2. The Labute approximate surface area is 82.1 Å². The Morgan fingerprint density at radius 2 is 2.00 bits per heavy atom. The van der Waals surface area contributed by atoms with Gasteiger partial charge in [-0.25, -0.2) is 0 Å². The summed E-state index contributed by atoms with van der Waals surface area (Å²) in [6.07, 6.45) is 4.50. The molecule has 0 rings (SSSR count). The van der Waals surface area contributed by atoms with Crippen molar-refractivity contribution in [1.29, 1.82) is 0 Å². The van der Waals surface area contributed by atoms with E-state index < -0.39 is 0 Å². The van der Waals surface area contributed by atoms with E-state index in [0.717, 1.165) is 18.8 Å². The topological polar surface area (TPSA) is 24.4 Å². The molecule has 0 saturated heterocycles. The molecule has 2 nitrogen and oxygen atoms in total. The lowest BCUT2D eigenvalue weighted by atomic mass is 10.3. The molecule has 0 unspecified atom stereocenters. The standard InChI is InChI=1S/C11H22N2/c1-5-7-8-13-11(4)9-10(3)12-6-2/h9,12H,5-8H2,1-4H3/b10-9-,13-11?. The molecule has 13 heavy (non-hydrogen) atoms. The lowest BCUT2D eigenvalue weighted by Crippen LogP contribution is -2.10. The van der Waals surface area contributed by atoms with Gasteiger partial charge in [-0.3, -0.25) is 4.99 Å². The second-order valence-corrected chi connectivity index (χ2v) is 3.23. The average molecular weight is 182 g/mol. The second-order valence-electron chi connectivity index (χ2n) is 3.23. The van der Waals surface area contributed by atoms with Crippen LogP contribution < -0.4 is 5.32 Å². The van der Waals surface area contributed by atoms with E-state index >= 15 is 0 Å². The molecule has 0 aliphatic heterocycles. The molecule has 0 aliphatic rings. The van der Waals surface area contributed by atoms with E-state index in [1.54, 1.807) is 0 Å². The summed E-state index contributed by atoms with van der Waals surface area (Å²) >= 11 is 0. The first-order chi connectivity index (χ1) is 6.20. The molecule has 0 saturated carbocycles. The molecule has 0 aromatic rings. The Hall–Kier alpha value is -0.790. The van der Waals surface area contributed by atoms with Crippen molar-refractivity contribution in [3.8, 4) is 0 Å². The van der Waals surface area contributed by atoms with Crippen molar-refractivity contribution in [2.24, 2.45) is 4.99 Å². The van der Waals surface area contributed by atoms with Crippen molar-refractivity contribution in [3.05, 3.63) is 11.8 Å². The van der Waals surface area contributed by atoms with Crippen molar-refractivity contribution < 1.29 is 0 Å². The van der Waals surface area contributed by atoms with Crippen molar-refractivity contribution in [1.82, 2.24) is 5.32 Å². The van der Waals surface area contributed by atoms with Gasteiger partial charge in [-0.15, -0.1) is 0 Å². The van der Waals surface area contributed by atoms with Crippen LogP contribution in [0, 0.1) is 0 Å². The Balaban J connectivity index is 3.88. The minimum Gasteiger partial charge on any atom is -0.389 e. The number of nitrogens with one attached hydrogen (secondary N) is 1. The van der Waals surface area contributed by atoms with E-state index in [0.29, 0.717) is 0 Å². The number of aliphatic imine (C=N–C) groups is 1. The minimum atomic E-state index is 0.957. The van der Waals surface area contributed by atoms with E-state index in [-0.39, 0.29) is 0 Å². The molecule has 0 aliphatic carbocycles. The molecule has 0 aromatic heterocycles. The van der Waals surface area contributed by atoms with Crippen LogP contribution in [0.4, 0.5) is 0 Å². The van der Waals surface area contributed by atoms with Gasteiger partial charge in [-0.2, -0.15) is 0 Å². The van der Waals surface area contributed by atoms with Crippen LogP contribution >= 0.6 is 0 Å². The minimum absolute atomic E-state index is 0.957. The van der Waals surface area contributed by atoms with Crippen LogP contribution in [0.15, 0.2) is 16.8 Å². The van der Waals surface area contributed by atoms with Gasteiger partial charge in [0.1, 0.15) is 0 Å². The van der Waals surface area contributed by atoms with Crippen LogP contribution in [0.1, 0.15) is 40.5 Å². The van der Waals surface area contributed by atoms with Crippen molar-refractivity contribution in [3.63, 3.8) is 0 Å². The highest BCUT2D eigenvalue weighted by Gasteiger charge is 1.88. The Bertz CT molecular complexity index is 181. The molecular weight excluding hydrogens is 160 g/mol. The van der Waals surface area contributed by atoms with Crippen molar-refractivity contribution in [2.75, 3.05) is 13.1 Å². The van der Waals surface area contributed by atoms with Crippen LogP contribution in [-0.2, 0) is 0 Å². The number of rotatable bonds is 6. The van der Waals surface area contributed by atoms with Crippen molar-refractivity contribution in [2.45, 2.75) is 40.5 Å². The monoisotopic (exact) mass is 182 g/mol. The predicted octanol–water partition coefficient (Wildman–Crippen LogP) is 2.76. The maximum atomic E-state index is 4.44. The largest absolute Gasteiger partial charge is 0.389 e. The van der Waals surface area contributed by atoms with Crippen LogP contribution in [0.25, 0.3) is 0 Å². The van der Waals surface area contributed by atoms with Gasteiger partial charge in [0.2, 0.25) is 0 Å². The fourth-order valence-corrected chi connectivity index (χ4v) is 1.10. The Morgan fingerprint density at radius 1 is 1.31 bits per heavy atom. The third kappa shape index (κ3) is 7.57. The highest BCUT2D eigenvalue weighted by Crippen LogP contribution is 1.92. The summed E-state index contributed by atoms with van der Waals surface area (Å²) < 4.78 is 0. The van der Waals surface area contributed by atoms with Crippen molar-refractivity contribution >= 4 is 5.71 Å². The summed E-state index contributed by atoms with van der Waals surface area (Å²) in [5.41, 5.74) is 2.31. The van der Waals surface area contributed by atoms with Crippen LogP contribution in [0.3, 0.4) is 0 Å². The molecule has 1 N–H and O–H groups in total. The van der Waals surface area contributed by atoms with Gasteiger partial charge in [-0.1, -0.05) is 13.3 Å². The summed E-state index contributed by atoms with van der Waals surface area (Å²) in [4.78, 5) is 4.44. The van der Waals surface area contributed by atoms with Gasteiger partial charge in [0.05, 0.1) is 0 Å². The SMILES string of the molecule is CCCCN=C(C)/C=C(/C)NCC. The summed E-state index contributed by atoms with van der Waals surface area (Å²) in [6, 6.07) is 0. The second kappa shape index (κ2) is 7.84. The zero-order chi connectivity index (χ0) is 10.1. The third-order valence-electron chi connectivity index (χ3n) is 1.75. The summed E-state index contributed by atoms with van der Waals surface area (Å²) in [5, 5.41) is 3.25. The zero-order valence-corrected chi connectivity index (χ0v) is 9.35. The quantitative estimate of drug-likeness (QED) is 0.496. The van der Waals surface area contributed by atoms with Gasteiger partial charge in [0.25, 0.3) is 0 Å². The number of hydrogen-bond donors (Lipinski definition) is 1. The van der Waals surface area contributed by atoms with Gasteiger partial charge in [-0.05, 0) is 33.3 Å². The maximum Gasteiger partial charge on any atom is 0.0392 e. The first-order valence-electron chi connectivity index (χ1n) is 5.13. The molecule has 0 spiro atoms. The molecule has 0 radical (unpaired) electrons. The molecular formula is C11H22N2. The van der Waals surface area contributed by atoms with Gasteiger partial charge in [0, 0.05) is 24.5 Å². The smallest absolute Gasteiger partial charge is 0.0392 e. The number of allylic oxidation sites excluding steroid dienone is 2. The molecule has 0 atom stereocenters.